The van der Waals surface area contributed by atoms with Gasteiger partial charge in [-0.15, -0.1) is 0 Å². The molecule has 0 radical (unpaired) electrons. The summed E-state index contributed by atoms with van der Waals surface area (Å²) in [6.45, 7) is 2.11. The largest absolute Gasteiger partial charge is 0.309 e. The Labute approximate surface area is 132 Å². The van der Waals surface area contributed by atoms with Gasteiger partial charge in [0.25, 0.3) is 5.56 Å². The van der Waals surface area contributed by atoms with Crippen molar-refractivity contribution in [3.8, 4) is 0 Å². The van der Waals surface area contributed by atoms with Crippen molar-refractivity contribution in [3.05, 3.63) is 61.3 Å². The molecule has 0 amide bonds. The van der Waals surface area contributed by atoms with Gasteiger partial charge in [0.05, 0.1) is 14.7 Å². The van der Waals surface area contributed by atoms with Crippen LogP contribution in [0.3, 0.4) is 0 Å². The first-order chi connectivity index (χ1) is 9.67. The van der Waals surface area contributed by atoms with E-state index in [4.69, 9.17) is 4.98 Å². The van der Waals surface area contributed by atoms with Gasteiger partial charge in [-0.2, -0.15) is 0 Å². The highest BCUT2D eigenvalue weighted by Gasteiger charge is 2.48. The molecule has 1 aromatic heterocycles. The third-order valence-corrected chi connectivity index (χ3v) is 5.06. The third-order valence-electron chi connectivity index (χ3n) is 3.95. The van der Waals surface area contributed by atoms with Gasteiger partial charge in [-0.1, -0.05) is 43.7 Å². The number of nitrogens with zero attached hydrogens (tertiary/aromatic N) is 1. The second-order valence-electron chi connectivity index (χ2n) is 5.37. The summed E-state index contributed by atoms with van der Waals surface area (Å²) < 4.78 is 0.733. The second kappa shape index (κ2) is 5.31. The van der Waals surface area contributed by atoms with Crippen LogP contribution in [-0.4, -0.2) is 9.97 Å². The number of aromatic nitrogens is 2. The Morgan fingerprint density at radius 3 is 2.60 bits per heavy atom. The zero-order valence-electron chi connectivity index (χ0n) is 11.4. The van der Waals surface area contributed by atoms with Crippen LogP contribution in [0, 0.1) is 3.57 Å². The Hall–Kier alpha value is -1.17. The zero-order valence-corrected chi connectivity index (χ0v) is 13.6. The van der Waals surface area contributed by atoms with E-state index in [0.717, 1.165) is 40.8 Å². The Bertz CT molecular complexity index is 675. The molecule has 3 nitrogen and oxygen atoms in total. The van der Waals surface area contributed by atoms with Gasteiger partial charge in [-0.25, -0.2) is 4.98 Å². The number of aromatic amines is 1. The van der Waals surface area contributed by atoms with Gasteiger partial charge in [-0.05, 0) is 47.4 Å². The molecule has 0 saturated heterocycles. The number of hydrogen-bond acceptors (Lipinski definition) is 2. The lowest BCUT2D eigenvalue weighted by molar-refractivity contribution is 0.719. The molecule has 1 N–H and O–H groups in total. The lowest BCUT2D eigenvalue weighted by Crippen LogP contribution is -2.24. The molecule has 1 aliphatic carbocycles. The number of halogens is 1. The summed E-state index contributed by atoms with van der Waals surface area (Å²) in [4.78, 5) is 19.9. The lowest BCUT2D eigenvalue weighted by atomic mass is 9.95. The minimum absolute atomic E-state index is 0.00116. The molecule has 1 fully saturated rings. The minimum Gasteiger partial charge on any atom is -0.309 e. The molecule has 0 aliphatic heterocycles. The van der Waals surface area contributed by atoms with E-state index in [1.807, 2.05) is 18.2 Å². The van der Waals surface area contributed by atoms with E-state index in [1.54, 1.807) is 0 Å². The molecule has 0 atom stereocenters. The van der Waals surface area contributed by atoms with E-state index in [1.165, 1.54) is 5.56 Å². The Morgan fingerprint density at radius 1 is 1.30 bits per heavy atom. The molecular formula is C16H17IN2O. The zero-order chi connectivity index (χ0) is 14.2. The van der Waals surface area contributed by atoms with E-state index >= 15 is 0 Å². The average Bonchev–Trinajstić information content (AvgIpc) is 3.26. The quantitative estimate of drug-likeness (QED) is 0.827. The molecule has 2 aromatic rings. The van der Waals surface area contributed by atoms with Crippen molar-refractivity contribution in [3.63, 3.8) is 0 Å². The van der Waals surface area contributed by atoms with Crippen LogP contribution in [0.5, 0.6) is 0 Å². The summed E-state index contributed by atoms with van der Waals surface area (Å²) in [5.74, 6) is 0.845. The summed E-state index contributed by atoms with van der Waals surface area (Å²) in [5, 5.41) is 0. The van der Waals surface area contributed by atoms with Crippen LogP contribution in [0.1, 0.15) is 43.3 Å². The van der Waals surface area contributed by atoms with Crippen molar-refractivity contribution in [2.75, 3.05) is 0 Å². The van der Waals surface area contributed by atoms with Crippen molar-refractivity contribution >= 4 is 22.6 Å². The van der Waals surface area contributed by atoms with E-state index in [2.05, 4.69) is 46.6 Å². The monoisotopic (exact) mass is 380 g/mol. The summed E-state index contributed by atoms with van der Waals surface area (Å²) in [7, 11) is 0. The number of nitrogens with one attached hydrogen (secondary N) is 1. The van der Waals surface area contributed by atoms with Crippen LogP contribution >= 0.6 is 22.6 Å². The van der Waals surface area contributed by atoms with Crippen molar-refractivity contribution in [1.29, 1.82) is 0 Å². The van der Waals surface area contributed by atoms with Crippen LogP contribution < -0.4 is 5.56 Å². The number of aryl methyl sites for hydroxylation is 1. The molecule has 1 aliphatic rings. The maximum atomic E-state index is 12.1. The Kier molecular flexibility index (Phi) is 3.67. The fourth-order valence-electron chi connectivity index (χ4n) is 2.68. The molecule has 0 bridgehead atoms. The van der Waals surface area contributed by atoms with E-state index in [0.29, 0.717) is 0 Å². The molecule has 1 saturated carbocycles. The number of rotatable bonds is 4. The summed E-state index contributed by atoms with van der Waals surface area (Å²) in [5.41, 5.74) is 2.13. The van der Waals surface area contributed by atoms with E-state index < -0.39 is 0 Å². The van der Waals surface area contributed by atoms with Gasteiger partial charge in [0.2, 0.25) is 0 Å². The Balaban J connectivity index is 2.09. The fourth-order valence-corrected chi connectivity index (χ4v) is 3.20. The average molecular weight is 380 g/mol. The standard InChI is InChI=1S/C16H17IN2O/c1-2-6-12-13(17)14(20)19-15(18-12)16(9-10-16)11-7-4-3-5-8-11/h3-5,7-8H,2,6,9-10H2,1H3,(H,18,19,20). The van der Waals surface area contributed by atoms with Crippen LogP contribution in [0.4, 0.5) is 0 Å². The first-order valence-electron chi connectivity index (χ1n) is 7.02. The number of benzene rings is 1. The topological polar surface area (TPSA) is 45.8 Å². The molecule has 3 rings (SSSR count). The lowest BCUT2D eigenvalue weighted by Gasteiger charge is -2.16. The van der Waals surface area contributed by atoms with Crippen molar-refractivity contribution in [2.24, 2.45) is 0 Å². The minimum atomic E-state index is -0.0623. The molecule has 1 aromatic carbocycles. The van der Waals surface area contributed by atoms with Gasteiger partial charge in [-0.3, -0.25) is 4.79 Å². The van der Waals surface area contributed by atoms with Gasteiger partial charge >= 0.3 is 0 Å². The predicted molar refractivity (Wildman–Crippen MR) is 88.0 cm³/mol. The van der Waals surface area contributed by atoms with Crippen LogP contribution in [0.25, 0.3) is 0 Å². The predicted octanol–water partition coefficient (Wildman–Crippen LogP) is 3.41. The highest BCUT2D eigenvalue weighted by atomic mass is 127. The maximum Gasteiger partial charge on any atom is 0.264 e. The molecular weight excluding hydrogens is 363 g/mol. The normalized spacial score (nSPS) is 16.1. The molecule has 4 heteroatoms. The maximum absolute atomic E-state index is 12.1. The second-order valence-corrected chi connectivity index (χ2v) is 6.45. The summed E-state index contributed by atoms with van der Waals surface area (Å²) in [6, 6.07) is 10.4. The van der Waals surface area contributed by atoms with E-state index in [-0.39, 0.29) is 11.0 Å². The first-order valence-corrected chi connectivity index (χ1v) is 8.10. The molecule has 104 valence electrons. The Morgan fingerprint density at radius 2 is 2.00 bits per heavy atom. The molecule has 0 unspecified atom stereocenters. The fraction of sp³-hybridized carbons (Fsp3) is 0.375. The highest BCUT2D eigenvalue weighted by Crippen LogP contribution is 2.51. The van der Waals surface area contributed by atoms with Gasteiger partial charge in [0.1, 0.15) is 5.82 Å². The van der Waals surface area contributed by atoms with Gasteiger partial charge in [0, 0.05) is 0 Å². The van der Waals surface area contributed by atoms with Crippen molar-refractivity contribution in [1.82, 2.24) is 9.97 Å². The summed E-state index contributed by atoms with van der Waals surface area (Å²) >= 11 is 2.10. The molecule has 1 heterocycles. The number of H-pyrrole nitrogens is 1. The smallest absolute Gasteiger partial charge is 0.264 e. The molecule has 20 heavy (non-hydrogen) atoms. The van der Waals surface area contributed by atoms with Crippen LogP contribution in [0.2, 0.25) is 0 Å². The van der Waals surface area contributed by atoms with Crippen LogP contribution in [0.15, 0.2) is 35.1 Å². The SMILES string of the molecule is CCCc1nc(C2(c3ccccc3)CC2)[nH]c(=O)c1I. The summed E-state index contributed by atoms with van der Waals surface area (Å²) in [6.07, 6.45) is 3.99. The first kappa shape index (κ1) is 13.8. The number of hydrogen-bond donors (Lipinski definition) is 1. The van der Waals surface area contributed by atoms with Crippen molar-refractivity contribution in [2.45, 2.75) is 38.0 Å². The van der Waals surface area contributed by atoms with E-state index in [9.17, 15) is 4.79 Å². The molecule has 0 spiro atoms. The van der Waals surface area contributed by atoms with Gasteiger partial charge < -0.3 is 4.98 Å². The third kappa shape index (κ3) is 2.30. The van der Waals surface area contributed by atoms with Crippen LogP contribution in [-0.2, 0) is 11.8 Å². The highest BCUT2D eigenvalue weighted by molar-refractivity contribution is 14.1. The van der Waals surface area contributed by atoms with Gasteiger partial charge in [0.15, 0.2) is 0 Å². The van der Waals surface area contributed by atoms with Crippen molar-refractivity contribution < 1.29 is 0 Å².